The molecule has 0 aliphatic carbocycles. The van der Waals surface area contributed by atoms with Crippen LogP contribution in [0.5, 0.6) is 0 Å². The van der Waals surface area contributed by atoms with E-state index in [-0.39, 0.29) is 11.3 Å². The number of anilines is 2. The molecule has 28 heavy (non-hydrogen) atoms. The molecule has 4 heteroatoms. The van der Waals surface area contributed by atoms with E-state index in [2.05, 4.69) is 90.5 Å². The highest BCUT2D eigenvalue weighted by Crippen LogP contribution is 2.52. The van der Waals surface area contributed by atoms with E-state index >= 15 is 0 Å². The maximum Gasteiger partial charge on any atom is 0.223 e. The Bertz CT molecular complexity index is 943. The number of nitrogens with one attached hydrogen (secondary N) is 1. The summed E-state index contributed by atoms with van der Waals surface area (Å²) in [4.78, 5) is 16.9. The van der Waals surface area contributed by atoms with Crippen molar-refractivity contribution in [2.75, 3.05) is 30.4 Å². The van der Waals surface area contributed by atoms with E-state index in [4.69, 9.17) is 0 Å². The zero-order chi connectivity index (χ0) is 20.1. The molecule has 0 radical (unpaired) electrons. The first kappa shape index (κ1) is 18.6. The number of fused-ring (bicyclic) bond motifs is 3. The first-order chi connectivity index (χ1) is 13.2. The van der Waals surface area contributed by atoms with E-state index in [1.807, 2.05) is 14.1 Å². The number of benzene rings is 2. The Kier molecular flexibility index (Phi) is 4.25. The second-order valence-corrected chi connectivity index (χ2v) is 8.68. The molecular formula is C24H29N3O. The first-order valence-electron chi connectivity index (χ1n) is 9.91. The Labute approximate surface area is 167 Å². The maximum absolute atomic E-state index is 12.5. The molecule has 0 unspecified atom stereocenters. The van der Waals surface area contributed by atoms with Crippen molar-refractivity contribution in [3.05, 3.63) is 65.2 Å². The molecule has 2 heterocycles. The predicted molar refractivity (Wildman–Crippen MR) is 117 cm³/mol. The molecule has 2 aromatic rings. The smallest absolute Gasteiger partial charge is 0.223 e. The van der Waals surface area contributed by atoms with Gasteiger partial charge < -0.3 is 15.1 Å². The lowest BCUT2D eigenvalue weighted by molar-refractivity contribution is -0.124. The van der Waals surface area contributed by atoms with Crippen LogP contribution in [0.3, 0.4) is 0 Å². The van der Waals surface area contributed by atoms with E-state index in [1.165, 1.54) is 22.5 Å². The van der Waals surface area contributed by atoms with Gasteiger partial charge in [-0.15, -0.1) is 0 Å². The van der Waals surface area contributed by atoms with Gasteiger partial charge >= 0.3 is 0 Å². The summed E-state index contributed by atoms with van der Waals surface area (Å²) >= 11 is 0. The van der Waals surface area contributed by atoms with Crippen LogP contribution >= 0.6 is 0 Å². The third kappa shape index (κ3) is 2.70. The molecule has 0 saturated carbocycles. The van der Waals surface area contributed by atoms with Gasteiger partial charge in [-0.05, 0) is 42.3 Å². The van der Waals surface area contributed by atoms with Gasteiger partial charge in [-0.2, -0.15) is 0 Å². The van der Waals surface area contributed by atoms with Crippen molar-refractivity contribution in [3.63, 3.8) is 0 Å². The van der Waals surface area contributed by atoms with Gasteiger partial charge in [0.05, 0.1) is 0 Å². The van der Waals surface area contributed by atoms with Gasteiger partial charge in [0.1, 0.15) is 5.66 Å². The van der Waals surface area contributed by atoms with E-state index in [1.54, 1.807) is 0 Å². The Morgan fingerprint density at radius 3 is 2.50 bits per heavy atom. The molecule has 1 saturated heterocycles. The van der Waals surface area contributed by atoms with Crippen LogP contribution in [0.15, 0.2) is 48.5 Å². The Morgan fingerprint density at radius 1 is 1.11 bits per heavy atom. The molecule has 4 nitrogen and oxygen atoms in total. The summed E-state index contributed by atoms with van der Waals surface area (Å²) in [6, 6.07) is 15.1. The highest BCUT2D eigenvalue weighted by Gasteiger charge is 2.57. The Hall–Kier alpha value is -2.75. The molecule has 2 aliphatic heterocycles. The largest absolute Gasteiger partial charge is 0.378 e. The summed E-state index contributed by atoms with van der Waals surface area (Å²) in [7, 11) is 4.08. The highest BCUT2D eigenvalue weighted by molar-refractivity contribution is 5.84. The summed E-state index contributed by atoms with van der Waals surface area (Å²) in [5.41, 5.74) is 5.26. The van der Waals surface area contributed by atoms with Gasteiger partial charge in [0.15, 0.2) is 0 Å². The number of rotatable bonds is 3. The Balaban J connectivity index is 1.78. The SMILES string of the molecule is Cc1ccc2c(c1)C(C)(C)[C@@]1(/C=C/c3ccc(N(C)C)cc3)NC(=O)CCN21. The zero-order valence-electron chi connectivity index (χ0n) is 17.4. The molecule has 146 valence electrons. The molecule has 0 spiro atoms. The van der Waals surface area contributed by atoms with Gasteiger partial charge in [-0.1, -0.05) is 49.8 Å². The van der Waals surface area contributed by atoms with E-state index in [9.17, 15) is 4.79 Å². The molecule has 2 aromatic carbocycles. The van der Waals surface area contributed by atoms with Crippen molar-refractivity contribution in [1.29, 1.82) is 0 Å². The van der Waals surface area contributed by atoms with Gasteiger partial charge in [0.2, 0.25) is 5.91 Å². The topological polar surface area (TPSA) is 35.6 Å². The van der Waals surface area contributed by atoms with Crippen LogP contribution in [0, 0.1) is 6.92 Å². The van der Waals surface area contributed by atoms with Crippen LogP contribution in [0.25, 0.3) is 6.08 Å². The minimum Gasteiger partial charge on any atom is -0.378 e. The van der Waals surface area contributed by atoms with Crippen molar-refractivity contribution >= 4 is 23.4 Å². The minimum absolute atomic E-state index is 0.112. The average molecular weight is 376 g/mol. The predicted octanol–water partition coefficient (Wildman–Crippen LogP) is 4.09. The van der Waals surface area contributed by atoms with Crippen molar-refractivity contribution in [1.82, 2.24) is 5.32 Å². The van der Waals surface area contributed by atoms with Crippen LogP contribution in [-0.4, -0.2) is 32.2 Å². The second-order valence-electron chi connectivity index (χ2n) is 8.68. The second kappa shape index (κ2) is 6.40. The molecule has 2 aliphatic rings. The molecule has 1 amide bonds. The van der Waals surface area contributed by atoms with Crippen LogP contribution in [-0.2, 0) is 10.2 Å². The number of amides is 1. The molecule has 1 fully saturated rings. The molecule has 1 atom stereocenters. The normalized spacial score (nSPS) is 22.8. The highest BCUT2D eigenvalue weighted by atomic mass is 16.2. The zero-order valence-corrected chi connectivity index (χ0v) is 17.4. The minimum atomic E-state index is -0.557. The van der Waals surface area contributed by atoms with Crippen molar-refractivity contribution in [2.24, 2.45) is 0 Å². The van der Waals surface area contributed by atoms with Gasteiger partial charge in [-0.25, -0.2) is 0 Å². The summed E-state index contributed by atoms with van der Waals surface area (Å²) in [6.07, 6.45) is 4.85. The number of carbonyl (C=O) groups excluding carboxylic acids is 1. The maximum atomic E-state index is 12.5. The van der Waals surface area contributed by atoms with Crippen LogP contribution in [0.2, 0.25) is 0 Å². The van der Waals surface area contributed by atoms with Crippen LogP contribution in [0.4, 0.5) is 11.4 Å². The third-order valence-electron chi connectivity index (χ3n) is 6.31. The fourth-order valence-electron chi connectivity index (χ4n) is 4.57. The summed E-state index contributed by atoms with van der Waals surface area (Å²) in [6.45, 7) is 7.32. The molecular weight excluding hydrogens is 346 g/mol. The number of nitrogens with zero attached hydrogens (tertiary/aromatic N) is 2. The van der Waals surface area contributed by atoms with E-state index in [0.29, 0.717) is 6.42 Å². The van der Waals surface area contributed by atoms with Crippen LogP contribution in [0.1, 0.15) is 37.0 Å². The lowest BCUT2D eigenvalue weighted by atomic mass is 9.74. The molecule has 1 N–H and O–H groups in total. The standard InChI is InChI=1S/C24H29N3O/c1-17-6-11-21-20(16-17)23(2,3)24(25-22(28)13-15-27(21)24)14-12-18-7-9-19(10-8-18)26(4)5/h6-12,14,16H,13,15H2,1-5H3,(H,25,28)/b14-12+/t24-/m0/s1. The molecule has 4 rings (SSSR count). The lowest BCUT2D eigenvalue weighted by Gasteiger charge is -2.49. The molecule has 0 bridgehead atoms. The van der Waals surface area contributed by atoms with Crippen molar-refractivity contribution in [3.8, 4) is 0 Å². The number of hydrogen-bond acceptors (Lipinski definition) is 3. The fourth-order valence-corrected chi connectivity index (χ4v) is 4.57. The molecule has 0 aromatic heterocycles. The summed E-state index contributed by atoms with van der Waals surface area (Å²) in [5, 5.41) is 3.34. The third-order valence-corrected chi connectivity index (χ3v) is 6.31. The summed E-state index contributed by atoms with van der Waals surface area (Å²) < 4.78 is 0. The number of carbonyl (C=O) groups is 1. The number of hydrogen-bond donors (Lipinski definition) is 1. The monoisotopic (exact) mass is 375 g/mol. The van der Waals surface area contributed by atoms with E-state index in [0.717, 1.165) is 12.1 Å². The van der Waals surface area contributed by atoms with Crippen LogP contribution < -0.4 is 15.1 Å². The van der Waals surface area contributed by atoms with Gasteiger partial charge in [-0.3, -0.25) is 4.79 Å². The van der Waals surface area contributed by atoms with Gasteiger partial charge in [0, 0.05) is 43.9 Å². The average Bonchev–Trinajstić information content (AvgIpc) is 2.84. The lowest BCUT2D eigenvalue weighted by Crippen LogP contribution is -2.68. The van der Waals surface area contributed by atoms with Crippen molar-refractivity contribution in [2.45, 2.75) is 38.3 Å². The van der Waals surface area contributed by atoms with E-state index < -0.39 is 5.66 Å². The van der Waals surface area contributed by atoms with Crippen molar-refractivity contribution < 1.29 is 4.79 Å². The summed E-state index contributed by atoms with van der Waals surface area (Å²) in [5.74, 6) is 0.112. The van der Waals surface area contributed by atoms with Gasteiger partial charge in [0.25, 0.3) is 0 Å². The first-order valence-corrected chi connectivity index (χ1v) is 9.91. The fraction of sp³-hybridized carbons (Fsp3) is 0.375. The number of aryl methyl sites for hydroxylation is 1. The Morgan fingerprint density at radius 2 is 1.82 bits per heavy atom. The quantitative estimate of drug-likeness (QED) is 0.878.